The summed E-state index contributed by atoms with van der Waals surface area (Å²) in [7, 11) is 1.70. The Morgan fingerprint density at radius 1 is 1.24 bits per heavy atom. The van der Waals surface area contributed by atoms with Crippen LogP contribution < -0.4 is 5.32 Å². The fraction of sp³-hybridized carbons (Fsp3) is 0.250. The predicted molar refractivity (Wildman–Crippen MR) is 82.4 cm³/mol. The Morgan fingerprint density at radius 2 is 2.14 bits per heavy atom. The molecule has 3 rings (SSSR count). The summed E-state index contributed by atoms with van der Waals surface area (Å²) in [4.78, 5) is 4.75. The minimum atomic E-state index is 0.693. The molecule has 1 aromatic carbocycles. The average molecular weight is 282 g/mol. The van der Waals surface area contributed by atoms with Gasteiger partial charge in [0, 0.05) is 43.5 Å². The van der Waals surface area contributed by atoms with Crippen LogP contribution in [0, 0.1) is 0 Å². The Labute approximate surface area is 123 Å². The second-order valence-corrected chi connectivity index (χ2v) is 4.78. The van der Waals surface area contributed by atoms with Crippen LogP contribution in [0.3, 0.4) is 0 Å². The minimum absolute atomic E-state index is 0.693. The van der Waals surface area contributed by atoms with Crippen molar-refractivity contribution >= 4 is 10.9 Å². The summed E-state index contributed by atoms with van der Waals surface area (Å²) in [5.41, 5.74) is 2.09. The van der Waals surface area contributed by atoms with Gasteiger partial charge >= 0.3 is 0 Å². The summed E-state index contributed by atoms with van der Waals surface area (Å²) in [5.74, 6) is 0.864. The number of aromatic nitrogens is 3. The minimum Gasteiger partial charge on any atom is -0.383 e. The molecular formula is C16H18N4O. The first-order valence-electron chi connectivity index (χ1n) is 6.97. The molecule has 0 spiro atoms. The number of benzene rings is 1. The maximum atomic E-state index is 5.06. The third-order valence-corrected chi connectivity index (χ3v) is 3.30. The van der Waals surface area contributed by atoms with E-state index in [1.54, 1.807) is 18.0 Å². The Morgan fingerprint density at radius 3 is 2.95 bits per heavy atom. The molecule has 0 amide bonds. The number of rotatable bonds is 6. The molecule has 2 heterocycles. The van der Waals surface area contributed by atoms with Crippen LogP contribution in [0.4, 0.5) is 0 Å². The Hall–Kier alpha value is -2.24. The lowest BCUT2D eigenvalue weighted by Crippen LogP contribution is -2.20. The lowest BCUT2D eigenvalue weighted by Gasteiger charge is -2.11. The van der Waals surface area contributed by atoms with Gasteiger partial charge in [0.1, 0.15) is 0 Å². The molecule has 0 unspecified atom stereocenters. The number of fused-ring (bicyclic) bond motifs is 1. The zero-order valence-electron chi connectivity index (χ0n) is 12.0. The van der Waals surface area contributed by atoms with Crippen molar-refractivity contribution in [2.45, 2.75) is 6.54 Å². The van der Waals surface area contributed by atoms with Gasteiger partial charge in [-0.1, -0.05) is 18.2 Å². The van der Waals surface area contributed by atoms with Gasteiger partial charge < -0.3 is 10.1 Å². The van der Waals surface area contributed by atoms with Gasteiger partial charge in [-0.15, -0.1) is 0 Å². The molecule has 0 aliphatic rings. The molecule has 108 valence electrons. The van der Waals surface area contributed by atoms with Crippen LogP contribution in [-0.4, -0.2) is 35.0 Å². The number of nitrogens with zero attached hydrogens (tertiary/aromatic N) is 3. The molecule has 2 aromatic heterocycles. The molecule has 5 nitrogen and oxygen atoms in total. The highest BCUT2D eigenvalue weighted by Crippen LogP contribution is 2.19. The summed E-state index contributed by atoms with van der Waals surface area (Å²) >= 11 is 0. The lowest BCUT2D eigenvalue weighted by atomic mass is 10.1. The van der Waals surface area contributed by atoms with Crippen LogP contribution in [0.2, 0.25) is 0 Å². The molecule has 0 aliphatic carbocycles. The second-order valence-electron chi connectivity index (χ2n) is 4.78. The van der Waals surface area contributed by atoms with Crippen molar-refractivity contribution < 1.29 is 4.74 Å². The van der Waals surface area contributed by atoms with Crippen molar-refractivity contribution in [3.63, 3.8) is 0 Å². The van der Waals surface area contributed by atoms with Crippen molar-refractivity contribution in [3.8, 4) is 5.82 Å². The van der Waals surface area contributed by atoms with Crippen molar-refractivity contribution in [2.24, 2.45) is 0 Å². The number of nitrogens with one attached hydrogen (secondary N) is 1. The number of hydrogen-bond donors (Lipinski definition) is 1. The fourth-order valence-electron chi connectivity index (χ4n) is 2.27. The maximum absolute atomic E-state index is 5.06. The normalized spacial score (nSPS) is 11.1. The molecule has 0 bridgehead atoms. The van der Waals surface area contributed by atoms with Gasteiger partial charge in [-0.25, -0.2) is 9.67 Å². The molecule has 0 saturated heterocycles. The molecule has 0 fully saturated rings. The third kappa shape index (κ3) is 3.09. The number of methoxy groups -OCH3 is 1. The monoisotopic (exact) mass is 282 g/mol. The van der Waals surface area contributed by atoms with Gasteiger partial charge in [0.05, 0.1) is 12.1 Å². The van der Waals surface area contributed by atoms with Gasteiger partial charge in [-0.2, -0.15) is 5.10 Å². The van der Waals surface area contributed by atoms with E-state index in [1.807, 2.05) is 30.5 Å². The van der Waals surface area contributed by atoms with Gasteiger partial charge in [0.25, 0.3) is 0 Å². The molecule has 5 heteroatoms. The van der Waals surface area contributed by atoms with Crippen molar-refractivity contribution in [2.75, 3.05) is 20.3 Å². The van der Waals surface area contributed by atoms with Crippen LogP contribution in [0.1, 0.15) is 5.56 Å². The average Bonchev–Trinajstić information content (AvgIpc) is 3.05. The molecule has 0 aliphatic heterocycles. The van der Waals surface area contributed by atoms with Crippen LogP contribution in [0.25, 0.3) is 16.7 Å². The van der Waals surface area contributed by atoms with Gasteiger partial charge in [-0.3, -0.25) is 0 Å². The van der Waals surface area contributed by atoms with Crippen LogP contribution >= 0.6 is 0 Å². The number of pyridine rings is 1. The first kappa shape index (κ1) is 13.7. The second kappa shape index (κ2) is 6.47. The van der Waals surface area contributed by atoms with Gasteiger partial charge in [-0.05, 0) is 18.2 Å². The summed E-state index contributed by atoms with van der Waals surface area (Å²) in [5, 5.41) is 8.80. The number of hydrogen-bond acceptors (Lipinski definition) is 4. The summed E-state index contributed by atoms with van der Waals surface area (Å²) in [6, 6.07) is 12.2. The zero-order chi connectivity index (χ0) is 14.5. The molecule has 3 aromatic rings. The fourth-order valence-corrected chi connectivity index (χ4v) is 2.27. The Kier molecular flexibility index (Phi) is 4.23. The highest BCUT2D eigenvalue weighted by Gasteiger charge is 2.08. The topological polar surface area (TPSA) is 52.0 Å². The SMILES string of the molecule is COCCNCc1cc2ccccc2nc1-n1cccn1. The smallest absolute Gasteiger partial charge is 0.158 e. The summed E-state index contributed by atoms with van der Waals surface area (Å²) < 4.78 is 6.86. The summed E-state index contributed by atoms with van der Waals surface area (Å²) in [6.07, 6.45) is 3.68. The van der Waals surface area contributed by atoms with Crippen molar-refractivity contribution in [1.82, 2.24) is 20.1 Å². The van der Waals surface area contributed by atoms with E-state index in [0.29, 0.717) is 6.61 Å². The van der Waals surface area contributed by atoms with E-state index < -0.39 is 0 Å². The van der Waals surface area contributed by atoms with Crippen LogP contribution in [0.15, 0.2) is 48.8 Å². The number of ether oxygens (including phenoxy) is 1. The molecule has 0 saturated carbocycles. The molecule has 21 heavy (non-hydrogen) atoms. The van der Waals surface area contributed by atoms with E-state index in [1.165, 1.54) is 0 Å². The summed E-state index contributed by atoms with van der Waals surface area (Å²) in [6.45, 7) is 2.23. The first-order chi connectivity index (χ1) is 10.4. The number of para-hydroxylation sites is 1. The molecule has 0 radical (unpaired) electrons. The van der Waals surface area contributed by atoms with E-state index >= 15 is 0 Å². The Balaban J connectivity index is 1.96. The van der Waals surface area contributed by atoms with Gasteiger partial charge in [0.15, 0.2) is 5.82 Å². The predicted octanol–water partition coefficient (Wildman–Crippen LogP) is 2.16. The van der Waals surface area contributed by atoms with Crippen molar-refractivity contribution in [1.29, 1.82) is 0 Å². The lowest BCUT2D eigenvalue weighted by molar-refractivity contribution is 0.199. The van der Waals surface area contributed by atoms with Crippen molar-refractivity contribution in [3.05, 3.63) is 54.4 Å². The molecule has 1 N–H and O–H groups in total. The highest BCUT2D eigenvalue weighted by atomic mass is 16.5. The first-order valence-corrected chi connectivity index (χ1v) is 6.97. The standard InChI is InChI=1S/C16H18N4O/c1-21-10-8-17-12-14-11-13-5-2-3-6-15(13)19-16(14)20-9-4-7-18-20/h2-7,9,11,17H,8,10,12H2,1H3. The van der Waals surface area contributed by atoms with E-state index in [2.05, 4.69) is 22.5 Å². The maximum Gasteiger partial charge on any atom is 0.158 e. The van der Waals surface area contributed by atoms with Gasteiger partial charge in [0.2, 0.25) is 0 Å². The third-order valence-electron chi connectivity index (χ3n) is 3.30. The highest BCUT2D eigenvalue weighted by molar-refractivity contribution is 5.80. The van der Waals surface area contributed by atoms with Crippen LogP contribution in [0.5, 0.6) is 0 Å². The van der Waals surface area contributed by atoms with E-state index in [-0.39, 0.29) is 0 Å². The zero-order valence-corrected chi connectivity index (χ0v) is 12.0. The quantitative estimate of drug-likeness (QED) is 0.704. The molecule has 0 atom stereocenters. The van der Waals surface area contributed by atoms with Crippen LogP contribution in [-0.2, 0) is 11.3 Å². The Bertz CT molecular complexity index is 709. The van der Waals surface area contributed by atoms with E-state index in [4.69, 9.17) is 9.72 Å². The van der Waals surface area contributed by atoms with E-state index in [9.17, 15) is 0 Å². The van der Waals surface area contributed by atoms with E-state index in [0.717, 1.165) is 35.4 Å². The molecular weight excluding hydrogens is 264 g/mol. The largest absolute Gasteiger partial charge is 0.383 e.